The van der Waals surface area contributed by atoms with Crippen LogP contribution < -0.4 is 0 Å². The molecule has 2 aromatic heterocycles. The molecule has 3 rings (SSSR count). The van der Waals surface area contributed by atoms with E-state index in [1.165, 1.54) is 0 Å². The summed E-state index contributed by atoms with van der Waals surface area (Å²) in [6.45, 7) is 0.631. The van der Waals surface area contributed by atoms with Gasteiger partial charge in [0.15, 0.2) is 11.7 Å². The maximum absolute atomic E-state index is 12.3. The van der Waals surface area contributed by atoms with Crippen molar-refractivity contribution in [2.24, 2.45) is 0 Å². The molecule has 134 valence electrons. The van der Waals surface area contributed by atoms with Crippen LogP contribution in [0, 0.1) is 0 Å². The first-order valence-corrected chi connectivity index (χ1v) is 8.85. The molecule has 0 fully saturated rings. The highest BCUT2D eigenvalue weighted by Gasteiger charge is 2.13. The van der Waals surface area contributed by atoms with Crippen molar-refractivity contribution in [1.29, 1.82) is 0 Å². The van der Waals surface area contributed by atoms with Crippen LogP contribution in [0.5, 0.6) is 0 Å². The van der Waals surface area contributed by atoms with Gasteiger partial charge in [0.2, 0.25) is 5.91 Å². The highest BCUT2D eigenvalue weighted by molar-refractivity contribution is 6.33. The van der Waals surface area contributed by atoms with Gasteiger partial charge in [-0.3, -0.25) is 9.78 Å². The van der Waals surface area contributed by atoms with E-state index in [2.05, 4.69) is 9.97 Å². The monoisotopic (exact) mass is 369 g/mol. The van der Waals surface area contributed by atoms with Crippen molar-refractivity contribution in [3.63, 3.8) is 0 Å². The van der Waals surface area contributed by atoms with Gasteiger partial charge < -0.3 is 9.32 Å². The number of hydrogen-bond donors (Lipinski definition) is 0. The first-order valence-electron chi connectivity index (χ1n) is 8.47. The predicted octanol–water partition coefficient (Wildman–Crippen LogP) is 4.02. The summed E-state index contributed by atoms with van der Waals surface area (Å²) in [6, 6.07) is 13.2. The Balaban J connectivity index is 1.51. The lowest BCUT2D eigenvalue weighted by Gasteiger charge is -2.16. The number of aryl methyl sites for hydroxylation is 1. The van der Waals surface area contributed by atoms with Crippen LogP contribution in [-0.2, 0) is 17.6 Å². The number of pyridine rings is 1. The van der Waals surface area contributed by atoms with Gasteiger partial charge in [0.1, 0.15) is 0 Å². The lowest BCUT2D eigenvalue weighted by molar-refractivity contribution is -0.129. The van der Waals surface area contributed by atoms with Crippen LogP contribution in [0.2, 0.25) is 5.02 Å². The van der Waals surface area contributed by atoms with E-state index in [-0.39, 0.29) is 5.91 Å². The Morgan fingerprint density at radius 1 is 1.12 bits per heavy atom. The summed E-state index contributed by atoms with van der Waals surface area (Å²) in [5.41, 5.74) is 1.77. The highest BCUT2D eigenvalue weighted by Crippen LogP contribution is 2.28. The van der Waals surface area contributed by atoms with E-state index < -0.39 is 0 Å². The number of amides is 1. The second kappa shape index (κ2) is 8.63. The molecule has 0 saturated heterocycles. The van der Waals surface area contributed by atoms with E-state index in [9.17, 15) is 4.79 Å². The quantitative estimate of drug-likeness (QED) is 0.631. The number of likely N-dealkylation sites (N-methyl/N-ethyl adjacent to an activating group) is 1. The third kappa shape index (κ3) is 4.70. The molecule has 0 saturated carbocycles. The summed E-state index contributed by atoms with van der Waals surface area (Å²) in [5.74, 6) is 1.20. The molecule has 1 aromatic carbocycles. The van der Waals surface area contributed by atoms with Gasteiger partial charge in [0.05, 0.1) is 11.2 Å². The molecule has 0 spiro atoms. The van der Waals surface area contributed by atoms with Gasteiger partial charge in [-0.1, -0.05) is 29.8 Å². The lowest BCUT2D eigenvalue weighted by atomic mass is 10.2. The molecule has 0 aliphatic rings. The Labute approximate surface area is 157 Å². The molecule has 1 amide bonds. The Morgan fingerprint density at radius 3 is 2.69 bits per heavy atom. The molecule has 0 bridgehead atoms. The van der Waals surface area contributed by atoms with Crippen molar-refractivity contribution >= 4 is 17.5 Å². The van der Waals surface area contributed by atoms with Crippen LogP contribution in [0.3, 0.4) is 0 Å². The fourth-order valence-corrected chi connectivity index (χ4v) is 2.80. The van der Waals surface area contributed by atoms with Gasteiger partial charge in [0, 0.05) is 50.3 Å². The van der Waals surface area contributed by atoms with Crippen LogP contribution in [0.1, 0.15) is 18.0 Å². The van der Waals surface area contributed by atoms with Gasteiger partial charge in [-0.15, -0.1) is 0 Å². The summed E-state index contributed by atoms with van der Waals surface area (Å²) in [7, 11) is 1.80. The van der Waals surface area contributed by atoms with Crippen molar-refractivity contribution in [1.82, 2.24) is 14.9 Å². The number of hydrogen-bond acceptors (Lipinski definition) is 4. The zero-order valence-corrected chi connectivity index (χ0v) is 15.3. The molecular formula is C20H20ClN3O2. The van der Waals surface area contributed by atoms with Crippen molar-refractivity contribution in [3.05, 3.63) is 71.5 Å². The molecule has 26 heavy (non-hydrogen) atoms. The van der Waals surface area contributed by atoms with E-state index in [1.54, 1.807) is 30.4 Å². The average molecular weight is 370 g/mol. The van der Waals surface area contributed by atoms with Gasteiger partial charge in [-0.2, -0.15) is 0 Å². The first kappa shape index (κ1) is 18.1. The van der Waals surface area contributed by atoms with E-state index in [1.807, 2.05) is 36.4 Å². The van der Waals surface area contributed by atoms with Crippen LogP contribution in [0.25, 0.3) is 11.3 Å². The summed E-state index contributed by atoms with van der Waals surface area (Å²) in [5, 5.41) is 0.612. The van der Waals surface area contributed by atoms with Crippen molar-refractivity contribution in [2.75, 3.05) is 13.6 Å². The van der Waals surface area contributed by atoms with Crippen LogP contribution in [0.15, 0.2) is 59.3 Å². The number of aromatic nitrogens is 2. The zero-order valence-electron chi connectivity index (χ0n) is 14.6. The fourth-order valence-electron chi connectivity index (χ4n) is 2.57. The Kier molecular flexibility index (Phi) is 6.02. The smallest absolute Gasteiger partial charge is 0.222 e. The van der Waals surface area contributed by atoms with Crippen LogP contribution >= 0.6 is 11.6 Å². The summed E-state index contributed by atoms with van der Waals surface area (Å²) in [4.78, 5) is 22.5. The third-order valence-corrected chi connectivity index (χ3v) is 4.43. The van der Waals surface area contributed by atoms with Gasteiger partial charge in [-0.05, 0) is 24.3 Å². The van der Waals surface area contributed by atoms with E-state index in [0.29, 0.717) is 36.1 Å². The molecule has 0 N–H and O–H groups in total. The van der Waals surface area contributed by atoms with E-state index in [0.717, 1.165) is 17.7 Å². The van der Waals surface area contributed by atoms with Crippen LogP contribution in [-0.4, -0.2) is 34.4 Å². The zero-order chi connectivity index (χ0) is 18.4. The number of benzene rings is 1. The Morgan fingerprint density at radius 2 is 1.92 bits per heavy atom. The molecule has 0 unspecified atom stereocenters. The minimum atomic E-state index is 0.0541. The fraction of sp³-hybridized carbons (Fsp3) is 0.250. The van der Waals surface area contributed by atoms with Gasteiger partial charge in [0.25, 0.3) is 0 Å². The maximum atomic E-state index is 12.3. The van der Waals surface area contributed by atoms with Crippen LogP contribution in [0.4, 0.5) is 0 Å². The molecule has 0 aliphatic carbocycles. The number of carbonyl (C=O) groups excluding carboxylic acids is 1. The molecule has 0 aliphatic heterocycles. The highest BCUT2D eigenvalue weighted by atomic mass is 35.5. The van der Waals surface area contributed by atoms with E-state index in [4.69, 9.17) is 16.0 Å². The second-order valence-electron chi connectivity index (χ2n) is 5.98. The largest absolute Gasteiger partial charge is 0.441 e. The second-order valence-corrected chi connectivity index (χ2v) is 6.39. The minimum absolute atomic E-state index is 0.0541. The Bertz CT molecular complexity index is 864. The minimum Gasteiger partial charge on any atom is -0.441 e. The van der Waals surface area contributed by atoms with Gasteiger partial charge in [-0.25, -0.2) is 4.98 Å². The van der Waals surface area contributed by atoms with Crippen molar-refractivity contribution < 1.29 is 9.21 Å². The first-order chi connectivity index (χ1) is 12.6. The maximum Gasteiger partial charge on any atom is 0.222 e. The topological polar surface area (TPSA) is 59.2 Å². The molecule has 0 atom stereocenters. The molecule has 0 radical (unpaired) electrons. The summed E-state index contributed by atoms with van der Waals surface area (Å²) < 4.78 is 5.73. The molecular weight excluding hydrogens is 350 g/mol. The molecule has 2 heterocycles. The number of oxazole rings is 1. The molecule has 6 heteroatoms. The lowest BCUT2D eigenvalue weighted by Crippen LogP contribution is -2.29. The normalized spacial score (nSPS) is 10.7. The number of nitrogens with zero attached hydrogens (tertiary/aromatic N) is 3. The van der Waals surface area contributed by atoms with E-state index >= 15 is 0 Å². The summed E-state index contributed by atoms with van der Waals surface area (Å²) >= 11 is 6.17. The SMILES string of the molecule is CN(CCc1ccccn1)C(=O)CCc1ncc(-c2ccccc2Cl)o1. The molecule has 3 aromatic rings. The van der Waals surface area contributed by atoms with Crippen molar-refractivity contribution in [2.45, 2.75) is 19.3 Å². The third-order valence-electron chi connectivity index (χ3n) is 4.10. The van der Waals surface area contributed by atoms with Gasteiger partial charge >= 0.3 is 0 Å². The standard InChI is InChI=1S/C20H20ClN3O2/c1-24(13-11-15-6-4-5-12-22-15)20(25)10-9-19-23-14-18(26-19)16-7-2-3-8-17(16)21/h2-8,12,14H,9-11,13H2,1H3. The molecule has 5 nitrogen and oxygen atoms in total. The predicted molar refractivity (Wildman–Crippen MR) is 101 cm³/mol. The Hall–Kier alpha value is -2.66. The van der Waals surface area contributed by atoms with Crippen molar-refractivity contribution in [3.8, 4) is 11.3 Å². The average Bonchev–Trinajstić information content (AvgIpc) is 3.14. The summed E-state index contributed by atoms with van der Waals surface area (Å²) in [6.07, 6.45) is 4.94. The number of halogens is 1. The number of carbonyl (C=O) groups is 1. The number of rotatable bonds is 7.